The summed E-state index contributed by atoms with van der Waals surface area (Å²) in [5.41, 5.74) is 9.26. The van der Waals surface area contributed by atoms with Crippen LogP contribution in [0.1, 0.15) is 48.8 Å². The average Bonchev–Trinajstić information content (AvgIpc) is 2.95. The van der Waals surface area contributed by atoms with Gasteiger partial charge in [0.15, 0.2) is 0 Å². The van der Waals surface area contributed by atoms with Crippen LogP contribution in [-0.2, 0) is 22.6 Å². The van der Waals surface area contributed by atoms with Gasteiger partial charge in [-0.1, -0.05) is 36.4 Å². The van der Waals surface area contributed by atoms with Crippen molar-refractivity contribution < 1.29 is 19.1 Å². The van der Waals surface area contributed by atoms with Crippen LogP contribution in [0, 0.1) is 12.8 Å². The Morgan fingerprint density at radius 2 is 1.82 bits per heavy atom. The summed E-state index contributed by atoms with van der Waals surface area (Å²) in [5.74, 6) is 0.460. The molecule has 2 aliphatic heterocycles. The van der Waals surface area contributed by atoms with E-state index in [4.69, 9.17) is 10.5 Å². The van der Waals surface area contributed by atoms with Crippen LogP contribution in [0.2, 0.25) is 0 Å². The molecular weight excluding hydrogens is 494 g/mol. The summed E-state index contributed by atoms with van der Waals surface area (Å²) >= 11 is 0. The first-order chi connectivity index (χ1) is 18.9. The van der Waals surface area contributed by atoms with Gasteiger partial charge in [0.25, 0.3) is 0 Å². The summed E-state index contributed by atoms with van der Waals surface area (Å²) in [6.07, 6.45) is 4.22. The Morgan fingerprint density at radius 1 is 1.00 bits per heavy atom. The van der Waals surface area contributed by atoms with Crippen LogP contribution in [-0.4, -0.2) is 61.1 Å². The zero-order valence-corrected chi connectivity index (χ0v) is 22.8. The van der Waals surface area contributed by atoms with Gasteiger partial charge in [-0.2, -0.15) is 0 Å². The summed E-state index contributed by atoms with van der Waals surface area (Å²) in [5, 5.41) is 8.76. The maximum atomic E-state index is 13.3. The number of urea groups is 1. The number of rotatable bonds is 3. The zero-order chi connectivity index (χ0) is 27.6. The maximum absolute atomic E-state index is 13.3. The second kappa shape index (κ2) is 14.0. The molecule has 9 heteroatoms. The van der Waals surface area contributed by atoms with Gasteiger partial charge >= 0.3 is 6.03 Å². The van der Waals surface area contributed by atoms with Gasteiger partial charge in [0.05, 0.1) is 12.6 Å². The number of hydrogen-bond donors (Lipinski definition) is 4. The van der Waals surface area contributed by atoms with Gasteiger partial charge in [-0.15, -0.1) is 0 Å². The zero-order valence-electron chi connectivity index (χ0n) is 22.8. The van der Waals surface area contributed by atoms with Crippen molar-refractivity contribution in [3.63, 3.8) is 0 Å². The lowest BCUT2D eigenvalue weighted by Crippen LogP contribution is -2.52. The number of nitrogens with two attached hydrogens (primary N) is 1. The Hall–Kier alpha value is -3.59. The number of carbonyl (C=O) groups excluding carboxylic acids is 3. The lowest BCUT2D eigenvalue weighted by atomic mass is 9.95. The third kappa shape index (κ3) is 8.45. The minimum Gasteiger partial charge on any atom is -0.494 e. The quantitative estimate of drug-likeness (QED) is 0.481. The maximum Gasteiger partial charge on any atom is 0.317 e. The summed E-state index contributed by atoms with van der Waals surface area (Å²) in [6.45, 7) is 4.59. The van der Waals surface area contributed by atoms with Crippen molar-refractivity contribution in [2.45, 2.75) is 64.1 Å². The molecule has 210 valence electrons. The van der Waals surface area contributed by atoms with E-state index < -0.39 is 18.0 Å². The molecular formula is C30H41N5O4. The summed E-state index contributed by atoms with van der Waals surface area (Å²) in [7, 11) is 0. The van der Waals surface area contributed by atoms with E-state index in [1.54, 1.807) is 0 Å². The Bertz CT molecular complexity index is 1130. The lowest BCUT2D eigenvalue weighted by molar-refractivity contribution is -0.129. The summed E-state index contributed by atoms with van der Waals surface area (Å²) < 4.78 is 6.06. The number of benzene rings is 2. The molecule has 0 radical (unpaired) electrons. The van der Waals surface area contributed by atoms with Crippen LogP contribution in [0.4, 0.5) is 4.79 Å². The molecule has 0 spiro atoms. The highest BCUT2D eigenvalue weighted by Gasteiger charge is 2.26. The van der Waals surface area contributed by atoms with Crippen molar-refractivity contribution >= 4 is 17.8 Å². The molecule has 1 unspecified atom stereocenters. The number of fused-ring (bicyclic) bond motifs is 4. The minimum absolute atomic E-state index is 0.133. The molecule has 1 fully saturated rings. The molecule has 2 aromatic rings. The number of ether oxygens (including phenoxy) is 1. The Labute approximate surface area is 230 Å². The SMILES string of the molecule is Cc1ccc2cc1CNC(=O)[C@H](CCc1ccccc1)NC(=O)[C@@H](N)CCNC(=O)N1CCCC(CCO2)C1. The van der Waals surface area contributed by atoms with Crippen LogP contribution in [0.3, 0.4) is 0 Å². The van der Waals surface area contributed by atoms with Crippen molar-refractivity contribution in [3.05, 3.63) is 65.2 Å². The molecule has 1 saturated heterocycles. The predicted molar refractivity (Wildman–Crippen MR) is 150 cm³/mol. The van der Waals surface area contributed by atoms with Gasteiger partial charge in [-0.3, -0.25) is 9.59 Å². The smallest absolute Gasteiger partial charge is 0.317 e. The standard InChI is InChI=1S/C30H41N5O4/c1-21-9-11-25-18-24(21)19-33-29(37)27(12-10-22-6-3-2-4-7-22)34-28(36)26(31)13-15-32-30(38)35-16-5-8-23(20-35)14-17-39-25/h2-4,6-7,9,11,18,23,26-27H,5,8,10,12-17,19-20,31H2,1H3,(H,32,38)(H,33,37)(H,34,36)/t23?,26-,27-/m0/s1. The Morgan fingerprint density at radius 3 is 2.64 bits per heavy atom. The number of piperidine rings is 1. The van der Waals surface area contributed by atoms with Gasteiger partial charge in [-0.25, -0.2) is 4.79 Å². The van der Waals surface area contributed by atoms with Crippen molar-refractivity contribution in [2.24, 2.45) is 11.7 Å². The molecule has 0 saturated carbocycles. The van der Waals surface area contributed by atoms with Gasteiger partial charge in [0, 0.05) is 26.2 Å². The van der Waals surface area contributed by atoms with Crippen LogP contribution >= 0.6 is 0 Å². The van der Waals surface area contributed by atoms with E-state index in [0.29, 0.717) is 38.5 Å². The third-order valence-corrected chi connectivity index (χ3v) is 7.64. The second-order valence-corrected chi connectivity index (χ2v) is 10.6. The van der Waals surface area contributed by atoms with Crippen molar-refractivity contribution in [1.82, 2.24) is 20.9 Å². The van der Waals surface area contributed by atoms with Gasteiger partial charge in [0.1, 0.15) is 11.8 Å². The molecule has 5 N–H and O–H groups in total. The number of nitrogens with zero attached hydrogens (tertiary/aromatic N) is 1. The highest BCUT2D eigenvalue weighted by atomic mass is 16.5. The fourth-order valence-corrected chi connectivity index (χ4v) is 5.14. The number of aryl methyl sites for hydroxylation is 2. The molecule has 4 bridgehead atoms. The molecule has 39 heavy (non-hydrogen) atoms. The number of nitrogens with one attached hydrogen (secondary N) is 3. The van der Waals surface area contributed by atoms with Gasteiger partial charge in [0.2, 0.25) is 11.8 Å². The summed E-state index contributed by atoms with van der Waals surface area (Å²) in [6, 6.07) is 14.0. The highest BCUT2D eigenvalue weighted by molar-refractivity contribution is 5.89. The Kier molecular flexibility index (Phi) is 10.2. The van der Waals surface area contributed by atoms with Crippen molar-refractivity contribution in [2.75, 3.05) is 26.2 Å². The van der Waals surface area contributed by atoms with Crippen molar-refractivity contribution in [1.29, 1.82) is 0 Å². The Balaban J connectivity index is 1.49. The van der Waals surface area contributed by atoms with Gasteiger partial charge in [-0.05, 0) is 80.2 Å². The number of hydrogen-bond acceptors (Lipinski definition) is 5. The number of amides is 4. The normalized spacial score (nSPS) is 23.6. The molecule has 2 aromatic carbocycles. The van der Waals surface area contributed by atoms with E-state index in [1.165, 1.54) is 0 Å². The predicted octanol–water partition coefficient (Wildman–Crippen LogP) is 2.65. The first kappa shape index (κ1) is 28.4. The largest absolute Gasteiger partial charge is 0.494 e. The molecule has 2 aliphatic rings. The monoisotopic (exact) mass is 535 g/mol. The number of carbonyl (C=O) groups is 3. The van der Waals surface area contributed by atoms with E-state index in [0.717, 1.165) is 48.2 Å². The van der Waals surface area contributed by atoms with Crippen LogP contribution in [0.5, 0.6) is 5.75 Å². The first-order valence-corrected chi connectivity index (χ1v) is 14.0. The van der Waals surface area contributed by atoms with E-state index in [-0.39, 0.29) is 24.9 Å². The molecule has 9 nitrogen and oxygen atoms in total. The van der Waals surface area contributed by atoms with E-state index in [9.17, 15) is 14.4 Å². The molecule has 4 rings (SSSR count). The molecule has 0 aromatic heterocycles. The topological polar surface area (TPSA) is 126 Å². The summed E-state index contributed by atoms with van der Waals surface area (Å²) in [4.78, 5) is 40.8. The van der Waals surface area contributed by atoms with Crippen molar-refractivity contribution in [3.8, 4) is 5.75 Å². The van der Waals surface area contributed by atoms with E-state index in [1.807, 2.05) is 60.4 Å². The molecule has 2 heterocycles. The second-order valence-electron chi connectivity index (χ2n) is 10.6. The fraction of sp³-hybridized carbons (Fsp3) is 0.500. The molecule has 4 amide bonds. The minimum atomic E-state index is -0.840. The van der Waals surface area contributed by atoms with E-state index >= 15 is 0 Å². The first-order valence-electron chi connectivity index (χ1n) is 14.0. The fourth-order valence-electron chi connectivity index (χ4n) is 5.14. The molecule has 0 aliphatic carbocycles. The average molecular weight is 536 g/mol. The van der Waals surface area contributed by atoms with Crippen LogP contribution in [0.25, 0.3) is 0 Å². The van der Waals surface area contributed by atoms with Crippen LogP contribution < -0.4 is 26.4 Å². The van der Waals surface area contributed by atoms with E-state index in [2.05, 4.69) is 16.0 Å². The molecule has 3 atom stereocenters. The van der Waals surface area contributed by atoms with Crippen LogP contribution in [0.15, 0.2) is 48.5 Å². The highest BCUT2D eigenvalue weighted by Crippen LogP contribution is 2.22. The lowest BCUT2D eigenvalue weighted by Gasteiger charge is -2.33. The van der Waals surface area contributed by atoms with Gasteiger partial charge < -0.3 is 31.3 Å². The third-order valence-electron chi connectivity index (χ3n) is 7.64.